The van der Waals surface area contributed by atoms with Gasteiger partial charge >= 0.3 is 0 Å². The van der Waals surface area contributed by atoms with Gasteiger partial charge in [-0.3, -0.25) is 14.5 Å². The summed E-state index contributed by atoms with van der Waals surface area (Å²) in [6, 6.07) is 6.29. The number of carbonyl (C=O) groups is 1. The number of nitrogens with zero attached hydrogens (tertiary/aromatic N) is 6. The van der Waals surface area contributed by atoms with E-state index in [9.17, 15) is 4.79 Å². The van der Waals surface area contributed by atoms with Gasteiger partial charge in [0, 0.05) is 37.6 Å². The number of rotatable bonds is 3. The van der Waals surface area contributed by atoms with Crippen molar-refractivity contribution in [2.45, 2.75) is 32.2 Å². The summed E-state index contributed by atoms with van der Waals surface area (Å²) in [6.07, 6.45) is 8.18. The van der Waals surface area contributed by atoms with E-state index in [2.05, 4.69) is 38.7 Å². The minimum absolute atomic E-state index is 0.0534. The molecule has 4 aromatic rings. The van der Waals surface area contributed by atoms with Crippen LogP contribution >= 0.6 is 0 Å². The first kappa shape index (κ1) is 17.5. The smallest absolute Gasteiger partial charge is 0.225 e. The maximum absolute atomic E-state index is 12.0. The zero-order chi connectivity index (χ0) is 20.2. The topological polar surface area (TPSA) is 90.0 Å². The molecule has 1 N–H and O–H groups in total. The summed E-state index contributed by atoms with van der Waals surface area (Å²) in [7, 11) is 1.87. The second-order valence-electron chi connectivity index (χ2n) is 7.99. The van der Waals surface area contributed by atoms with Crippen LogP contribution in [-0.4, -0.2) is 35.3 Å². The lowest BCUT2D eigenvalue weighted by Crippen LogP contribution is -2.46. The Balaban J connectivity index is 1.50. The van der Waals surface area contributed by atoms with Crippen molar-refractivity contribution in [1.82, 2.24) is 34.7 Å². The Hall–Kier alpha value is -3.55. The predicted molar refractivity (Wildman–Crippen MR) is 107 cm³/mol. The second-order valence-corrected chi connectivity index (χ2v) is 7.99. The molecule has 4 heterocycles. The third kappa shape index (κ3) is 3.06. The fourth-order valence-electron chi connectivity index (χ4n) is 4.01. The molecule has 1 aliphatic rings. The van der Waals surface area contributed by atoms with E-state index >= 15 is 0 Å². The van der Waals surface area contributed by atoms with Crippen LogP contribution in [0.3, 0.4) is 0 Å². The van der Waals surface area contributed by atoms with Crippen molar-refractivity contribution in [3.8, 4) is 11.3 Å². The summed E-state index contributed by atoms with van der Waals surface area (Å²) < 4.78 is 3.49. The van der Waals surface area contributed by atoms with Gasteiger partial charge in [0.2, 0.25) is 5.91 Å². The summed E-state index contributed by atoms with van der Waals surface area (Å²) in [6.45, 7) is 4.05. The van der Waals surface area contributed by atoms with Gasteiger partial charge in [-0.25, -0.2) is 9.50 Å². The third-order valence-electron chi connectivity index (χ3n) is 5.28. The van der Waals surface area contributed by atoms with Crippen LogP contribution in [0.5, 0.6) is 0 Å². The maximum atomic E-state index is 12.0. The highest BCUT2D eigenvalue weighted by Crippen LogP contribution is 2.29. The minimum Gasteiger partial charge on any atom is -0.347 e. The Labute approximate surface area is 167 Å². The molecule has 0 spiro atoms. The lowest BCUT2D eigenvalue weighted by molar-refractivity contribution is -0.122. The van der Waals surface area contributed by atoms with Gasteiger partial charge in [-0.15, -0.1) is 0 Å². The summed E-state index contributed by atoms with van der Waals surface area (Å²) >= 11 is 0. The molecule has 8 heteroatoms. The van der Waals surface area contributed by atoms with Crippen LogP contribution in [0.2, 0.25) is 0 Å². The minimum atomic E-state index is -0.352. The van der Waals surface area contributed by atoms with E-state index in [0.717, 1.165) is 27.9 Å². The predicted octanol–water partition coefficient (Wildman–Crippen LogP) is 2.02. The number of fused-ring (bicyclic) bond motifs is 2. The quantitative estimate of drug-likeness (QED) is 0.581. The Morgan fingerprint density at radius 3 is 2.93 bits per heavy atom. The molecule has 29 heavy (non-hydrogen) atoms. The highest BCUT2D eigenvalue weighted by molar-refractivity contribution is 5.82. The van der Waals surface area contributed by atoms with Gasteiger partial charge in [-0.2, -0.15) is 10.2 Å². The van der Waals surface area contributed by atoms with Crippen molar-refractivity contribution in [1.29, 1.82) is 0 Å². The van der Waals surface area contributed by atoms with E-state index in [-0.39, 0.29) is 11.4 Å². The number of hydrogen-bond acceptors (Lipinski definition) is 5. The van der Waals surface area contributed by atoms with Crippen LogP contribution in [0.25, 0.3) is 16.9 Å². The number of aromatic nitrogens is 6. The first-order valence-electron chi connectivity index (χ1n) is 9.52. The SMILES string of the molecule is Cn1cc(-c2nccn3nc(Cc4ccc5c(c4)CC(=O)NC5(C)C)nc23)cn1. The van der Waals surface area contributed by atoms with E-state index in [0.29, 0.717) is 24.3 Å². The zero-order valence-electron chi connectivity index (χ0n) is 16.5. The van der Waals surface area contributed by atoms with Gasteiger partial charge in [0.05, 0.1) is 18.2 Å². The molecule has 5 rings (SSSR count). The zero-order valence-corrected chi connectivity index (χ0v) is 16.5. The summed E-state index contributed by atoms with van der Waals surface area (Å²) in [5.41, 5.74) is 5.32. The normalized spacial score (nSPS) is 15.3. The van der Waals surface area contributed by atoms with Gasteiger partial charge in [0.1, 0.15) is 5.69 Å². The van der Waals surface area contributed by atoms with Gasteiger partial charge in [-0.05, 0) is 30.5 Å². The number of aryl methyl sites for hydroxylation is 1. The van der Waals surface area contributed by atoms with Gasteiger partial charge in [0.25, 0.3) is 0 Å². The number of amides is 1. The van der Waals surface area contributed by atoms with Crippen molar-refractivity contribution in [3.63, 3.8) is 0 Å². The summed E-state index contributed by atoms with van der Waals surface area (Å²) in [5, 5.41) is 11.9. The van der Waals surface area contributed by atoms with E-state index in [4.69, 9.17) is 4.98 Å². The molecular weight excluding hydrogens is 366 g/mol. The van der Waals surface area contributed by atoms with Crippen LogP contribution in [0.15, 0.2) is 43.0 Å². The molecule has 1 aromatic carbocycles. The number of nitrogens with one attached hydrogen (secondary N) is 1. The molecule has 0 atom stereocenters. The van der Waals surface area contributed by atoms with Crippen LogP contribution in [0, 0.1) is 0 Å². The monoisotopic (exact) mass is 387 g/mol. The van der Waals surface area contributed by atoms with Crippen LogP contribution < -0.4 is 5.32 Å². The lowest BCUT2D eigenvalue weighted by Gasteiger charge is -2.33. The molecule has 146 valence electrons. The van der Waals surface area contributed by atoms with Crippen molar-refractivity contribution in [3.05, 3.63) is 65.5 Å². The number of hydrogen-bond donors (Lipinski definition) is 1. The molecule has 8 nitrogen and oxygen atoms in total. The molecule has 0 saturated carbocycles. The first-order valence-corrected chi connectivity index (χ1v) is 9.52. The molecule has 0 fully saturated rings. The third-order valence-corrected chi connectivity index (χ3v) is 5.28. The first-order chi connectivity index (χ1) is 13.9. The Morgan fingerprint density at radius 2 is 2.14 bits per heavy atom. The van der Waals surface area contributed by atoms with Crippen molar-refractivity contribution in [2.24, 2.45) is 7.05 Å². The van der Waals surface area contributed by atoms with E-state index in [1.165, 1.54) is 0 Å². The fourth-order valence-corrected chi connectivity index (χ4v) is 4.01. The molecule has 3 aromatic heterocycles. The standard InChI is InChI=1S/C21H21N7O/c1-21(2)16-5-4-13(8-14(16)10-18(29)25-21)9-17-24-20-19(15-11-23-27(3)12-15)22-6-7-28(20)26-17/h4-8,11-12H,9-10H2,1-3H3,(H,25,29). The molecule has 0 bridgehead atoms. The Morgan fingerprint density at radius 1 is 1.28 bits per heavy atom. The van der Waals surface area contributed by atoms with Crippen molar-refractivity contribution < 1.29 is 4.79 Å². The fraction of sp³-hybridized carbons (Fsp3) is 0.286. The Bertz CT molecular complexity index is 1250. The van der Waals surface area contributed by atoms with Crippen molar-refractivity contribution >= 4 is 11.6 Å². The molecule has 0 unspecified atom stereocenters. The highest BCUT2D eigenvalue weighted by atomic mass is 16.1. The van der Waals surface area contributed by atoms with E-state index < -0.39 is 0 Å². The average Bonchev–Trinajstić information content (AvgIpc) is 3.25. The molecular formula is C21H21N7O. The largest absolute Gasteiger partial charge is 0.347 e. The Kier molecular flexibility index (Phi) is 3.77. The van der Waals surface area contributed by atoms with E-state index in [1.807, 2.05) is 27.1 Å². The molecule has 1 aliphatic heterocycles. The van der Waals surface area contributed by atoms with E-state index in [1.54, 1.807) is 27.8 Å². The molecule has 0 radical (unpaired) electrons. The van der Waals surface area contributed by atoms with Gasteiger partial charge in [0.15, 0.2) is 11.5 Å². The highest BCUT2D eigenvalue weighted by Gasteiger charge is 2.30. The average molecular weight is 387 g/mol. The van der Waals surface area contributed by atoms with Crippen LogP contribution in [-0.2, 0) is 30.2 Å². The second kappa shape index (κ2) is 6.23. The molecule has 0 aliphatic carbocycles. The number of benzene rings is 1. The molecule has 1 amide bonds. The summed E-state index contributed by atoms with van der Waals surface area (Å²) in [4.78, 5) is 21.2. The maximum Gasteiger partial charge on any atom is 0.225 e. The summed E-state index contributed by atoms with van der Waals surface area (Å²) in [5.74, 6) is 0.764. The van der Waals surface area contributed by atoms with Crippen molar-refractivity contribution in [2.75, 3.05) is 0 Å². The molecule has 0 saturated heterocycles. The van der Waals surface area contributed by atoms with Gasteiger partial charge < -0.3 is 5.32 Å². The van der Waals surface area contributed by atoms with Crippen LogP contribution in [0.4, 0.5) is 0 Å². The lowest BCUT2D eigenvalue weighted by atomic mass is 9.84. The van der Waals surface area contributed by atoms with Crippen LogP contribution in [0.1, 0.15) is 36.4 Å². The van der Waals surface area contributed by atoms with Gasteiger partial charge in [-0.1, -0.05) is 18.2 Å². The number of carbonyl (C=O) groups excluding carboxylic acids is 1.